The molecule has 4 nitrogen and oxygen atoms in total. The molecular weight excluding hydrogens is 265 g/mol. The summed E-state index contributed by atoms with van der Waals surface area (Å²) in [6.07, 6.45) is 0. The minimum Gasteiger partial charge on any atom is -0.383 e. The maximum Gasteiger partial charge on any atom is 0.147 e. The van der Waals surface area contributed by atoms with E-state index in [-0.39, 0.29) is 5.82 Å². The SMILES string of the molecule is COCCNCc1nnc(-c2ccc(F)c(C)c2)s1. The molecule has 1 N–H and O–H groups in total. The Balaban J connectivity index is 2.01. The molecule has 0 atom stereocenters. The van der Waals surface area contributed by atoms with E-state index in [1.807, 2.05) is 0 Å². The highest BCUT2D eigenvalue weighted by Crippen LogP contribution is 2.25. The standard InChI is InChI=1S/C13H16FN3OS/c1-9-7-10(3-4-11(9)14)13-17-16-12(19-13)8-15-5-6-18-2/h3-4,7,15H,5-6,8H2,1-2H3. The Morgan fingerprint density at radius 2 is 2.21 bits per heavy atom. The van der Waals surface area contributed by atoms with Gasteiger partial charge in [-0.25, -0.2) is 4.39 Å². The topological polar surface area (TPSA) is 47.0 Å². The largest absolute Gasteiger partial charge is 0.383 e. The highest BCUT2D eigenvalue weighted by Gasteiger charge is 2.08. The average molecular weight is 281 g/mol. The molecule has 0 bridgehead atoms. The van der Waals surface area contributed by atoms with Crippen LogP contribution in [0.1, 0.15) is 10.6 Å². The summed E-state index contributed by atoms with van der Waals surface area (Å²) >= 11 is 1.51. The van der Waals surface area contributed by atoms with Gasteiger partial charge in [-0.2, -0.15) is 0 Å². The van der Waals surface area contributed by atoms with Crippen molar-refractivity contribution in [2.45, 2.75) is 13.5 Å². The van der Waals surface area contributed by atoms with Crippen molar-refractivity contribution in [3.8, 4) is 10.6 Å². The third-order valence-electron chi connectivity index (χ3n) is 2.63. The number of hydrogen-bond donors (Lipinski definition) is 1. The maximum absolute atomic E-state index is 13.2. The van der Waals surface area contributed by atoms with Crippen molar-refractivity contribution in [2.75, 3.05) is 20.3 Å². The predicted octanol–water partition coefficient (Wildman–Crippen LogP) is 2.39. The van der Waals surface area contributed by atoms with Crippen LogP contribution in [0.25, 0.3) is 10.6 Å². The summed E-state index contributed by atoms with van der Waals surface area (Å²) in [7, 11) is 1.67. The van der Waals surface area contributed by atoms with Crippen LogP contribution in [-0.2, 0) is 11.3 Å². The lowest BCUT2D eigenvalue weighted by Gasteiger charge is -2.00. The molecular formula is C13H16FN3OS. The number of nitrogens with zero attached hydrogens (tertiary/aromatic N) is 2. The average Bonchev–Trinajstić information content (AvgIpc) is 2.87. The molecule has 0 unspecified atom stereocenters. The molecule has 1 heterocycles. The monoisotopic (exact) mass is 281 g/mol. The van der Waals surface area contributed by atoms with Gasteiger partial charge in [0.1, 0.15) is 15.8 Å². The molecule has 0 amide bonds. The van der Waals surface area contributed by atoms with E-state index < -0.39 is 0 Å². The fourth-order valence-electron chi connectivity index (χ4n) is 1.59. The lowest BCUT2D eigenvalue weighted by Crippen LogP contribution is -2.18. The Bertz CT molecular complexity index is 544. The third kappa shape index (κ3) is 3.79. The smallest absolute Gasteiger partial charge is 0.147 e. The molecule has 19 heavy (non-hydrogen) atoms. The third-order valence-corrected chi connectivity index (χ3v) is 3.60. The lowest BCUT2D eigenvalue weighted by molar-refractivity contribution is 0.199. The summed E-state index contributed by atoms with van der Waals surface area (Å²) in [4.78, 5) is 0. The quantitative estimate of drug-likeness (QED) is 0.826. The Morgan fingerprint density at radius 1 is 1.37 bits per heavy atom. The number of aromatic nitrogens is 2. The first-order valence-corrected chi connectivity index (χ1v) is 6.81. The Hall–Kier alpha value is -1.37. The highest BCUT2D eigenvalue weighted by atomic mass is 32.1. The van der Waals surface area contributed by atoms with Crippen LogP contribution in [0.3, 0.4) is 0 Å². The van der Waals surface area contributed by atoms with Crippen LogP contribution in [-0.4, -0.2) is 30.5 Å². The number of methoxy groups -OCH3 is 1. The Morgan fingerprint density at radius 3 is 2.95 bits per heavy atom. The molecule has 0 spiro atoms. The van der Waals surface area contributed by atoms with Gasteiger partial charge in [-0.15, -0.1) is 10.2 Å². The van der Waals surface area contributed by atoms with Crippen molar-refractivity contribution in [3.63, 3.8) is 0 Å². The summed E-state index contributed by atoms with van der Waals surface area (Å²) in [5.41, 5.74) is 1.52. The fraction of sp³-hybridized carbons (Fsp3) is 0.385. The number of rotatable bonds is 6. The van der Waals surface area contributed by atoms with Gasteiger partial charge in [0.25, 0.3) is 0 Å². The molecule has 6 heteroatoms. The van der Waals surface area contributed by atoms with E-state index in [4.69, 9.17) is 4.74 Å². The number of halogens is 1. The first-order chi connectivity index (χ1) is 9.20. The van der Waals surface area contributed by atoms with Crippen molar-refractivity contribution in [1.29, 1.82) is 0 Å². The molecule has 0 saturated heterocycles. The van der Waals surface area contributed by atoms with Crippen molar-refractivity contribution in [1.82, 2.24) is 15.5 Å². The van der Waals surface area contributed by atoms with E-state index in [0.717, 1.165) is 22.1 Å². The van der Waals surface area contributed by atoms with Crippen LogP contribution in [0.2, 0.25) is 0 Å². The summed E-state index contributed by atoms with van der Waals surface area (Å²) in [5.74, 6) is -0.199. The zero-order valence-corrected chi connectivity index (χ0v) is 11.8. The molecule has 2 aromatic rings. The van der Waals surface area contributed by atoms with Crippen molar-refractivity contribution in [2.24, 2.45) is 0 Å². The van der Waals surface area contributed by atoms with Gasteiger partial charge < -0.3 is 10.1 Å². The normalized spacial score (nSPS) is 10.9. The fourth-order valence-corrected chi connectivity index (χ4v) is 2.39. The molecule has 0 aliphatic heterocycles. The molecule has 0 aliphatic carbocycles. The summed E-state index contributed by atoms with van der Waals surface area (Å²) in [6, 6.07) is 4.98. The van der Waals surface area contributed by atoms with E-state index in [9.17, 15) is 4.39 Å². The highest BCUT2D eigenvalue weighted by molar-refractivity contribution is 7.14. The zero-order valence-electron chi connectivity index (χ0n) is 10.9. The zero-order chi connectivity index (χ0) is 13.7. The molecule has 1 aromatic heterocycles. The van der Waals surface area contributed by atoms with Gasteiger partial charge in [0.05, 0.1) is 6.61 Å². The van der Waals surface area contributed by atoms with E-state index in [1.54, 1.807) is 26.2 Å². The first kappa shape index (κ1) is 14.0. The number of benzene rings is 1. The van der Waals surface area contributed by atoms with Crippen LogP contribution in [0, 0.1) is 12.7 Å². The number of hydrogen-bond acceptors (Lipinski definition) is 5. The van der Waals surface area contributed by atoms with Crippen LogP contribution < -0.4 is 5.32 Å². The maximum atomic E-state index is 13.2. The van der Waals surface area contributed by atoms with Crippen LogP contribution >= 0.6 is 11.3 Å². The molecule has 1 aromatic carbocycles. The summed E-state index contributed by atoms with van der Waals surface area (Å²) < 4.78 is 18.2. The van der Waals surface area contributed by atoms with E-state index >= 15 is 0 Å². The molecule has 2 rings (SSSR count). The number of ether oxygens (including phenoxy) is 1. The van der Waals surface area contributed by atoms with Crippen molar-refractivity contribution < 1.29 is 9.13 Å². The molecule has 102 valence electrons. The van der Waals surface area contributed by atoms with E-state index in [1.165, 1.54) is 17.4 Å². The van der Waals surface area contributed by atoms with Gasteiger partial charge in [-0.1, -0.05) is 11.3 Å². The molecule has 0 saturated carbocycles. The van der Waals surface area contributed by atoms with Crippen molar-refractivity contribution in [3.05, 3.63) is 34.6 Å². The molecule has 0 fully saturated rings. The molecule has 0 aliphatic rings. The van der Waals surface area contributed by atoms with E-state index in [2.05, 4.69) is 15.5 Å². The predicted molar refractivity (Wildman–Crippen MR) is 73.6 cm³/mol. The molecule has 0 radical (unpaired) electrons. The van der Waals surface area contributed by atoms with E-state index in [0.29, 0.717) is 18.7 Å². The second-order valence-electron chi connectivity index (χ2n) is 4.13. The number of aryl methyl sites for hydroxylation is 1. The Labute approximate surface area is 115 Å². The lowest BCUT2D eigenvalue weighted by atomic mass is 10.1. The first-order valence-electron chi connectivity index (χ1n) is 5.99. The van der Waals surface area contributed by atoms with Gasteiger partial charge in [-0.3, -0.25) is 0 Å². The van der Waals surface area contributed by atoms with Gasteiger partial charge in [0, 0.05) is 25.8 Å². The second-order valence-corrected chi connectivity index (χ2v) is 5.20. The minimum atomic E-state index is -0.199. The van der Waals surface area contributed by atoms with Gasteiger partial charge in [0.2, 0.25) is 0 Å². The van der Waals surface area contributed by atoms with Crippen molar-refractivity contribution >= 4 is 11.3 Å². The van der Waals surface area contributed by atoms with Gasteiger partial charge >= 0.3 is 0 Å². The van der Waals surface area contributed by atoms with Crippen LogP contribution in [0.5, 0.6) is 0 Å². The van der Waals surface area contributed by atoms with Crippen LogP contribution in [0.15, 0.2) is 18.2 Å². The summed E-state index contributed by atoms with van der Waals surface area (Å²) in [5, 5.41) is 13.2. The second kappa shape index (κ2) is 6.70. The van der Waals surface area contributed by atoms with Gasteiger partial charge in [-0.05, 0) is 30.7 Å². The van der Waals surface area contributed by atoms with Gasteiger partial charge in [0.15, 0.2) is 0 Å². The van der Waals surface area contributed by atoms with Crippen LogP contribution in [0.4, 0.5) is 4.39 Å². The summed E-state index contributed by atoms with van der Waals surface area (Å²) in [6.45, 7) is 3.86. The number of nitrogens with one attached hydrogen (secondary N) is 1. The Kier molecular flexibility index (Phi) is 4.95. The minimum absolute atomic E-state index is 0.199.